The van der Waals surface area contributed by atoms with Gasteiger partial charge in [0.1, 0.15) is 12.2 Å². The molecule has 27 heavy (non-hydrogen) atoms. The van der Waals surface area contributed by atoms with Gasteiger partial charge in [-0.05, 0) is 29.7 Å². The summed E-state index contributed by atoms with van der Waals surface area (Å²) < 4.78 is 38.7. The standard InChI is InChI=1S/C18H21F3N4O2/c1-11(2)14-8-15(24-23-14)17(27)25(10-16(26)22-3)9-12-5-4-6-13(7-12)18(19,20)21/h4-8,11H,9-10H2,1-3H3,(H,22,26)(H,23,24). The van der Waals surface area contributed by atoms with Crippen molar-refractivity contribution in [3.63, 3.8) is 0 Å². The second kappa shape index (κ2) is 8.24. The summed E-state index contributed by atoms with van der Waals surface area (Å²) in [6.07, 6.45) is -4.49. The van der Waals surface area contributed by atoms with E-state index in [0.29, 0.717) is 0 Å². The van der Waals surface area contributed by atoms with E-state index in [4.69, 9.17) is 0 Å². The first kappa shape index (κ1) is 20.5. The zero-order chi connectivity index (χ0) is 20.2. The Labute approximate surface area is 154 Å². The molecule has 0 radical (unpaired) electrons. The van der Waals surface area contributed by atoms with E-state index < -0.39 is 23.6 Å². The molecule has 1 aromatic carbocycles. The predicted molar refractivity (Wildman–Crippen MR) is 92.9 cm³/mol. The van der Waals surface area contributed by atoms with Crippen LogP contribution in [-0.4, -0.2) is 40.5 Å². The maximum absolute atomic E-state index is 12.9. The van der Waals surface area contributed by atoms with Gasteiger partial charge in [0, 0.05) is 19.3 Å². The third-order valence-electron chi connectivity index (χ3n) is 3.97. The molecule has 2 aromatic rings. The lowest BCUT2D eigenvalue weighted by molar-refractivity contribution is -0.137. The number of nitrogens with one attached hydrogen (secondary N) is 2. The van der Waals surface area contributed by atoms with Crippen LogP contribution in [0.3, 0.4) is 0 Å². The fraction of sp³-hybridized carbons (Fsp3) is 0.389. The Balaban J connectivity index is 2.28. The van der Waals surface area contributed by atoms with Gasteiger partial charge in [-0.25, -0.2) is 0 Å². The monoisotopic (exact) mass is 382 g/mol. The second-order valence-electron chi connectivity index (χ2n) is 6.40. The lowest BCUT2D eigenvalue weighted by atomic mass is 10.1. The number of aromatic nitrogens is 2. The summed E-state index contributed by atoms with van der Waals surface area (Å²) in [5.74, 6) is -0.857. The molecule has 1 heterocycles. The van der Waals surface area contributed by atoms with Crippen LogP contribution in [0, 0.1) is 0 Å². The summed E-state index contributed by atoms with van der Waals surface area (Å²) in [4.78, 5) is 25.7. The highest BCUT2D eigenvalue weighted by molar-refractivity contribution is 5.95. The van der Waals surface area contributed by atoms with Crippen molar-refractivity contribution in [3.8, 4) is 0 Å². The molecule has 0 bridgehead atoms. The summed E-state index contributed by atoms with van der Waals surface area (Å²) in [7, 11) is 1.42. The van der Waals surface area contributed by atoms with Gasteiger partial charge in [-0.2, -0.15) is 18.3 Å². The Morgan fingerprint density at radius 1 is 1.26 bits per heavy atom. The fourth-order valence-electron chi connectivity index (χ4n) is 2.42. The van der Waals surface area contributed by atoms with Gasteiger partial charge in [0.15, 0.2) is 0 Å². The van der Waals surface area contributed by atoms with Crippen LogP contribution in [0.2, 0.25) is 0 Å². The number of alkyl halides is 3. The second-order valence-corrected chi connectivity index (χ2v) is 6.40. The number of amides is 2. The van der Waals surface area contributed by atoms with Gasteiger partial charge in [-0.3, -0.25) is 14.7 Å². The molecule has 0 fully saturated rings. The number of likely N-dealkylation sites (N-methyl/N-ethyl adjacent to an activating group) is 1. The molecule has 0 aliphatic carbocycles. The zero-order valence-corrected chi connectivity index (χ0v) is 15.2. The van der Waals surface area contributed by atoms with Crippen LogP contribution in [0.4, 0.5) is 13.2 Å². The van der Waals surface area contributed by atoms with Crippen LogP contribution >= 0.6 is 0 Å². The Hall–Kier alpha value is -2.84. The van der Waals surface area contributed by atoms with Gasteiger partial charge in [0.05, 0.1) is 5.56 Å². The van der Waals surface area contributed by atoms with Crippen molar-refractivity contribution in [1.82, 2.24) is 20.4 Å². The van der Waals surface area contributed by atoms with Gasteiger partial charge in [-0.1, -0.05) is 26.0 Å². The third-order valence-corrected chi connectivity index (χ3v) is 3.97. The highest BCUT2D eigenvalue weighted by atomic mass is 19.4. The molecular weight excluding hydrogens is 361 g/mol. The number of rotatable bonds is 6. The number of H-pyrrole nitrogens is 1. The first-order valence-electron chi connectivity index (χ1n) is 8.33. The minimum absolute atomic E-state index is 0.106. The molecule has 0 aliphatic heterocycles. The normalized spacial score (nSPS) is 11.5. The summed E-state index contributed by atoms with van der Waals surface area (Å²) in [6.45, 7) is 3.40. The average molecular weight is 382 g/mol. The van der Waals surface area contributed by atoms with Crippen LogP contribution in [0.25, 0.3) is 0 Å². The number of hydrogen-bond donors (Lipinski definition) is 2. The Kier molecular flexibility index (Phi) is 6.24. The first-order valence-corrected chi connectivity index (χ1v) is 8.33. The van der Waals surface area contributed by atoms with Crippen molar-refractivity contribution in [1.29, 1.82) is 0 Å². The topological polar surface area (TPSA) is 78.1 Å². The molecule has 0 saturated heterocycles. The van der Waals surface area contributed by atoms with Gasteiger partial charge in [0.25, 0.3) is 5.91 Å². The Bertz CT molecular complexity index is 815. The zero-order valence-electron chi connectivity index (χ0n) is 15.2. The highest BCUT2D eigenvalue weighted by Gasteiger charge is 2.31. The smallest absolute Gasteiger partial charge is 0.358 e. The van der Waals surface area contributed by atoms with Crippen molar-refractivity contribution in [2.75, 3.05) is 13.6 Å². The first-order chi connectivity index (χ1) is 12.6. The minimum Gasteiger partial charge on any atom is -0.358 e. The molecule has 0 saturated carbocycles. The number of carbonyl (C=O) groups is 2. The summed E-state index contributed by atoms with van der Waals surface area (Å²) in [5, 5.41) is 9.12. The van der Waals surface area contributed by atoms with Crippen LogP contribution in [-0.2, 0) is 17.5 Å². The third kappa shape index (κ3) is 5.32. The molecule has 146 valence electrons. The van der Waals surface area contributed by atoms with Crippen molar-refractivity contribution in [2.24, 2.45) is 0 Å². The number of benzene rings is 1. The molecule has 9 heteroatoms. The minimum atomic E-state index is -4.49. The number of aromatic amines is 1. The fourth-order valence-corrected chi connectivity index (χ4v) is 2.42. The molecule has 2 N–H and O–H groups in total. The molecule has 2 rings (SSSR count). The summed E-state index contributed by atoms with van der Waals surface area (Å²) in [6, 6.07) is 6.25. The van der Waals surface area contributed by atoms with E-state index in [9.17, 15) is 22.8 Å². The molecule has 2 amide bonds. The maximum Gasteiger partial charge on any atom is 0.416 e. The van der Waals surface area contributed by atoms with E-state index in [0.717, 1.165) is 22.7 Å². The SMILES string of the molecule is CNC(=O)CN(Cc1cccc(C(F)(F)F)c1)C(=O)c1cc(C(C)C)[nH]n1. The van der Waals surface area contributed by atoms with Crippen molar-refractivity contribution < 1.29 is 22.8 Å². The Morgan fingerprint density at radius 2 is 1.96 bits per heavy atom. The van der Waals surface area contributed by atoms with Crippen LogP contribution in [0.15, 0.2) is 30.3 Å². The van der Waals surface area contributed by atoms with Gasteiger partial charge < -0.3 is 10.2 Å². The molecule has 6 nitrogen and oxygen atoms in total. The summed E-state index contributed by atoms with van der Waals surface area (Å²) in [5.41, 5.74) is 0.308. The van der Waals surface area contributed by atoms with Gasteiger partial charge in [-0.15, -0.1) is 0 Å². The molecule has 0 unspecified atom stereocenters. The maximum atomic E-state index is 12.9. The van der Waals surface area contributed by atoms with Crippen molar-refractivity contribution >= 4 is 11.8 Å². The number of carbonyl (C=O) groups excluding carboxylic acids is 2. The van der Waals surface area contributed by atoms with Gasteiger partial charge in [0.2, 0.25) is 5.91 Å². The number of halogens is 3. The van der Waals surface area contributed by atoms with E-state index in [1.165, 1.54) is 19.2 Å². The van der Waals surface area contributed by atoms with Crippen LogP contribution < -0.4 is 5.32 Å². The summed E-state index contributed by atoms with van der Waals surface area (Å²) >= 11 is 0. The van der Waals surface area contributed by atoms with E-state index in [2.05, 4.69) is 15.5 Å². The van der Waals surface area contributed by atoms with E-state index in [1.807, 2.05) is 13.8 Å². The lowest BCUT2D eigenvalue weighted by Gasteiger charge is -2.21. The molecule has 0 atom stereocenters. The predicted octanol–water partition coefficient (Wildman–Crippen LogP) is 2.94. The van der Waals surface area contributed by atoms with Crippen LogP contribution in [0.1, 0.15) is 47.1 Å². The van der Waals surface area contributed by atoms with Gasteiger partial charge >= 0.3 is 6.18 Å². The molecule has 1 aromatic heterocycles. The van der Waals surface area contributed by atoms with E-state index in [-0.39, 0.29) is 30.3 Å². The highest BCUT2D eigenvalue weighted by Crippen LogP contribution is 2.29. The molecule has 0 aliphatic rings. The van der Waals surface area contributed by atoms with Crippen molar-refractivity contribution in [2.45, 2.75) is 32.5 Å². The molecular formula is C18H21F3N4O2. The Morgan fingerprint density at radius 3 is 2.52 bits per heavy atom. The van der Waals surface area contributed by atoms with Crippen molar-refractivity contribution in [3.05, 3.63) is 52.8 Å². The number of hydrogen-bond acceptors (Lipinski definition) is 3. The van der Waals surface area contributed by atoms with E-state index in [1.54, 1.807) is 6.07 Å². The lowest BCUT2D eigenvalue weighted by Crippen LogP contribution is -2.39. The number of nitrogens with zero attached hydrogens (tertiary/aromatic N) is 2. The average Bonchev–Trinajstić information content (AvgIpc) is 3.10. The largest absolute Gasteiger partial charge is 0.416 e. The quantitative estimate of drug-likeness (QED) is 0.806. The molecule has 0 spiro atoms. The van der Waals surface area contributed by atoms with Crippen LogP contribution in [0.5, 0.6) is 0 Å². The van der Waals surface area contributed by atoms with E-state index >= 15 is 0 Å².